The number of hydrogen-bond donors (Lipinski definition) is 0. The summed E-state index contributed by atoms with van der Waals surface area (Å²) in [6.07, 6.45) is 6.65. The molecule has 0 bridgehead atoms. The van der Waals surface area contributed by atoms with Crippen LogP contribution < -0.4 is 0 Å². The molecule has 1 aromatic heterocycles. The summed E-state index contributed by atoms with van der Waals surface area (Å²) in [5.41, 5.74) is 1.04. The first kappa shape index (κ1) is 16.5. The summed E-state index contributed by atoms with van der Waals surface area (Å²) in [5.74, 6) is 1.69. The van der Waals surface area contributed by atoms with Crippen LogP contribution >= 0.6 is 0 Å². The number of carbonyl (C=O) groups is 1. The van der Waals surface area contributed by atoms with Crippen LogP contribution in [0.2, 0.25) is 0 Å². The van der Waals surface area contributed by atoms with Crippen LogP contribution in [0.3, 0.4) is 0 Å². The summed E-state index contributed by atoms with van der Waals surface area (Å²) in [7, 11) is 0. The zero-order valence-electron chi connectivity index (χ0n) is 14.5. The van der Waals surface area contributed by atoms with E-state index in [0.29, 0.717) is 17.9 Å². The van der Waals surface area contributed by atoms with Gasteiger partial charge >= 0.3 is 0 Å². The smallest absolute Gasteiger partial charge is 0.222 e. The maximum atomic E-state index is 11.8. The van der Waals surface area contributed by atoms with Crippen molar-refractivity contribution in [1.29, 1.82) is 0 Å². The van der Waals surface area contributed by atoms with Crippen molar-refractivity contribution in [2.75, 3.05) is 19.6 Å². The summed E-state index contributed by atoms with van der Waals surface area (Å²) in [4.78, 5) is 16.4. The average Bonchev–Trinajstić information content (AvgIpc) is 3.16. The topological polar surface area (TPSA) is 49.6 Å². The van der Waals surface area contributed by atoms with Gasteiger partial charge in [-0.15, -0.1) is 0 Å². The number of likely N-dealkylation sites (tertiary alicyclic amines) is 2. The Kier molecular flexibility index (Phi) is 5.36. The van der Waals surface area contributed by atoms with E-state index in [1.165, 1.54) is 19.3 Å². The summed E-state index contributed by atoms with van der Waals surface area (Å²) in [6.45, 7) is 8.11. The first-order valence-electron chi connectivity index (χ1n) is 9.11. The Morgan fingerprint density at radius 1 is 1.30 bits per heavy atom. The molecule has 2 aliphatic heterocycles. The minimum atomic E-state index is 0.338. The van der Waals surface area contributed by atoms with Crippen LogP contribution in [0.25, 0.3) is 0 Å². The first-order valence-corrected chi connectivity index (χ1v) is 9.11. The summed E-state index contributed by atoms with van der Waals surface area (Å²) in [6, 6.07) is 2.66. The lowest BCUT2D eigenvalue weighted by atomic mass is 9.98. The van der Waals surface area contributed by atoms with Gasteiger partial charge in [0.15, 0.2) is 0 Å². The van der Waals surface area contributed by atoms with E-state index in [2.05, 4.69) is 30.0 Å². The molecule has 128 valence electrons. The predicted molar refractivity (Wildman–Crippen MR) is 89.1 cm³/mol. The van der Waals surface area contributed by atoms with E-state index in [-0.39, 0.29) is 0 Å². The fourth-order valence-corrected chi connectivity index (χ4v) is 3.72. The minimum absolute atomic E-state index is 0.338. The highest BCUT2D eigenvalue weighted by Gasteiger charge is 2.26. The Balaban J connectivity index is 1.56. The van der Waals surface area contributed by atoms with Crippen LogP contribution in [0, 0.1) is 0 Å². The van der Waals surface area contributed by atoms with Crippen molar-refractivity contribution < 1.29 is 9.32 Å². The Bertz CT molecular complexity index is 526. The third-order valence-corrected chi connectivity index (χ3v) is 5.16. The molecular formula is C18H29N3O2. The van der Waals surface area contributed by atoms with Crippen LogP contribution in [-0.4, -0.2) is 46.5 Å². The van der Waals surface area contributed by atoms with Crippen molar-refractivity contribution in [3.05, 3.63) is 17.5 Å². The second-order valence-corrected chi connectivity index (χ2v) is 7.27. The Hall–Kier alpha value is -1.36. The molecule has 2 aliphatic rings. The largest absolute Gasteiger partial charge is 0.361 e. The van der Waals surface area contributed by atoms with Crippen LogP contribution in [0.1, 0.15) is 69.7 Å². The quantitative estimate of drug-likeness (QED) is 0.808. The second kappa shape index (κ2) is 7.47. The van der Waals surface area contributed by atoms with Gasteiger partial charge in [-0.1, -0.05) is 25.4 Å². The van der Waals surface area contributed by atoms with Crippen LogP contribution in [0.4, 0.5) is 0 Å². The number of amides is 1. The molecule has 2 saturated heterocycles. The molecule has 3 heterocycles. The van der Waals surface area contributed by atoms with Crippen molar-refractivity contribution in [3.8, 4) is 0 Å². The molecule has 1 unspecified atom stereocenters. The number of piperidine rings is 1. The van der Waals surface area contributed by atoms with Gasteiger partial charge in [0.25, 0.3) is 0 Å². The SMILES string of the molecule is CC(C)c1cc(CN2CCCCC2CCN2CCCC2=O)no1. The normalized spacial score (nSPS) is 23.2. The second-order valence-electron chi connectivity index (χ2n) is 7.27. The molecule has 1 atom stereocenters. The number of carbonyl (C=O) groups excluding carboxylic acids is 1. The fraction of sp³-hybridized carbons (Fsp3) is 0.778. The van der Waals surface area contributed by atoms with E-state index < -0.39 is 0 Å². The lowest BCUT2D eigenvalue weighted by Crippen LogP contribution is -2.41. The maximum Gasteiger partial charge on any atom is 0.222 e. The molecule has 5 heteroatoms. The molecule has 23 heavy (non-hydrogen) atoms. The maximum absolute atomic E-state index is 11.8. The van der Waals surface area contributed by atoms with E-state index in [1.807, 2.05) is 4.90 Å². The van der Waals surface area contributed by atoms with Gasteiger partial charge in [0.05, 0.1) is 5.69 Å². The highest BCUT2D eigenvalue weighted by molar-refractivity contribution is 5.77. The third kappa shape index (κ3) is 4.14. The van der Waals surface area contributed by atoms with Crippen molar-refractivity contribution >= 4 is 5.91 Å². The number of nitrogens with zero attached hydrogens (tertiary/aromatic N) is 3. The molecule has 0 saturated carbocycles. The lowest BCUT2D eigenvalue weighted by Gasteiger charge is -2.36. The van der Waals surface area contributed by atoms with Crippen molar-refractivity contribution in [3.63, 3.8) is 0 Å². The number of aromatic nitrogens is 1. The molecule has 2 fully saturated rings. The van der Waals surface area contributed by atoms with Crippen molar-refractivity contribution in [2.45, 2.75) is 70.9 Å². The molecule has 0 aliphatic carbocycles. The molecule has 0 aromatic carbocycles. The zero-order chi connectivity index (χ0) is 16.2. The van der Waals surface area contributed by atoms with Gasteiger partial charge in [0.2, 0.25) is 5.91 Å². The highest BCUT2D eigenvalue weighted by Crippen LogP contribution is 2.24. The van der Waals surface area contributed by atoms with E-state index >= 15 is 0 Å². The third-order valence-electron chi connectivity index (χ3n) is 5.16. The molecular weight excluding hydrogens is 290 g/mol. The summed E-state index contributed by atoms with van der Waals surface area (Å²) < 4.78 is 5.43. The van der Waals surface area contributed by atoms with E-state index in [9.17, 15) is 4.79 Å². The van der Waals surface area contributed by atoms with Gasteiger partial charge < -0.3 is 9.42 Å². The molecule has 0 N–H and O–H groups in total. The summed E-state index contributed by atoms with van der Waals surface area (Å²) in [5, 5.41) is 4.23. The zero-order valence-corrected chi connectivity index (χ0v) is 14.5. The van der Waals surface area contributed by atoms with Crippen molar-refractivity contribution in [2.24, 2.45) is 0 Å². The lowest BCUT2D eigenvalue weighted by molar-refractivity contribution is -0.127. The van der Waals surface area contributed by atoms with Crippen LogP contribution in [0.5, 0.6) is 0 Å². The van der Waals surface area contributed by atoms with Gasteiger partial charge in [0, 0.05) is 44.1 Å². The van der Waals surface area contributed by atoms with Crippen LogP contribution in [-0.2, 0) is 11.3 Å². The molecule has 0 spiro atoms. The van der Waals surface area contributed by atoms with Gasteiger partial charge in [-0.2, -0.15) is 0 Å². The first-order chi connectivity index (χ1) is 11.1. The van der Waals surface area contributed by atoms with Gasteiger partial charge in [-0.05, 0) is 32.2 Å². The average molecular weight is 319 g/mol. The molecule has 1 amide bonds. The fourth-order valence-electron chi connectivity index (χ4n) is 3.72. The highest BCUT2D eigenvalue weighted by atomic mass is 16.5. The van der Waals surface area contributed by atoms with E-state index in [4.69, 9.17) is 4.52 Å². The Morgan fingerprint density at radius 3 is 2.87 bits per heavy atom. The number of hydrogen-bond acceptors (Lipinski definition) is 4. The van der Waals surface area contributed by atoms with Gasteiger partial charge in [-0.3, -0.25) is 9.69 Å². The Labute approximate surface area is 139 Å². The predicted octanol–water partition coefficient (Wildman–Crippen LogP) is 3.17. The Morgan fingerprint density at radius 2 is 2.17 bits per heavy atom. The van der Waals surface area contributed by atoms with Crippen molar-refractivity contribution in [1.82, 2.24) is 15.0 Å². The van der Waals surface area contributed by atoms with Crippen LogP contribution in [0.15, 0.2) is 10.6 Å². The molecule has 3 rings (SSSR count). The van der Waals surface area contributed by atoms with Gasteiger partial charge in [-0.25, -0.2) is 0 Å². The van der Waals surface area contributed by atoms with E-state index in [0.717, 1.165) is 56.9 Å². The molecule has 0 radical (unpaired) electrons. The molecule has 1 aromatic rings. The molecule has 5 nitrogen and oxygen atoms in total. The van der Waals surface area contributed by atoms with Gasteiger partial charge in [0.1, 0.15) is 5.76 Å². The standard InChI is InChI=1S/C18H29N3O2/c1-14(2)17-12-15(19-23-17)13-21-9-4-3-6-16(21)8-11-20-10-5-7-18(20)22/h12,14,16H,3-11,13H2,1-2H3. The number of rotatable bonds is 6. The monoisotopic (exact) mass is 319 g/mol. The van der Waals surface area contributed by atoms with E-state index in [1.54, 1.807) is 0 Å². The minimum Gasteiger partial charge on any atom is -0.361 e. The summed E-state index contributed by atoms with van der Waals surface area (Å²) >= 11 is 0.